The minimum absolute atomic E-state index is 0.0451. The molecule has 0 radical (unpaired) electrons. The Morgan fingerprint density at radius 1 is 0.851 bits per heavy atom. The van der Waals surface area contributed by atoms with E-state index in [-0.39, 0.29) is 36.7 Å². The summed E-state index contributed by atoms with van der Waals surface area (Å²) in [7, 11) is 0. The fourth-order valence-electron chi connectivity index (χ4n) is 6.43. The van der Waals surface area contributed by atoms with Crippen molar-refractivity contribution in [2.24, 2.45) is 28.5 Å². The highest BCUT2D eigenvalue weighted by molar-refractivity contribution is 5.85. The molecule has 13 heteroatoms. The van der Waals surface area contributed by atoms with Crippen LogP contribution >= 0.6 is 0 Å². The quantitative estimate of drug-likeness (QED) is 0.0726. The minimum Gasteiger partial charge on any atom is -0.368 e. The molecule has 1 heterocycles. The van der Waals surface area contributed by atoms with Crippen LogP contribution in [-0.4, -0.2) is 40.1 Å². The highest BCUT2D eigenvalue weighted by atomic mass is 19.4. The molecule has 47 heavy (non-hydrogen) atoms. The molecule has 0 atom stereocenters. The lowest BCUT2D eigenvalue weighted by Gasteiger charge is -2.31. The Balaban J connectivity index is 1.43. The second-order valence-electron chi connectivity index (χ2n) is 13.5. The van der Waals surface area contributed by atoms with Gasteiger partial charge in [-0.05, 0) is 92.7 Å². The largest absolute Gasteiger partial charge is 0.416 e. The van der Waals surface area contributed by atoms with Gasteiger partial charge in [0.2, 0.25) is 5.96 Å². The lowest BCUT2D eigenvalue weighted by atomic mass is 10.0. The fourth-order valence-corrected chi connectivity index (χ4v) is 6.43. The molecule has 0 saturated heterocycles. The zero-order valence-electron chi connectivity index (χ0n) is 26.4. The number of alkyl halides is 6. The molecule has 0 unspecified atom stereocenters. The number of anilines is 1. The number of hydrazine groups is 1. The van der Waals surface area contributed by atoms with Crippen LogP contribution in [0.3, 0.4) is 0 Å². The molecule has 7 nitrogen and oxygen atoms in total. The molecular weight excluding hydrogens is 620 g/mol. The maximum absolute atomic E-state index is 13.8. The predicted molar refractivity (Wildman–Crippen MR) is 170 cm³/mol. The van der Waals surface area contributed by atoms with E-state index in [1.165, 1.54) is 10.0 Å². The lowest BCUT2D eigenvalue weighted by molar-refractivity contribution is -0.143. The number of nitrogens with two attached hydrogens (primary N) is 2. The predicted octanol–water partition coefficient (Wildman–Crippen LogP) is 7.56. The molecule has 3 fully saturated rings. The van der Waals surface area contributed by atoms with Crippen molar-refractivity contribution in [2.45, 2.75) is 89.8 Å². The van der Waals surface area contributed by atoms with Crippen LogP contribution in [0.2, 0.25) is 0 Å². The normalized spacial score (nSPS) is 17.8. The van der Waals surface area contributed by atoms with Crippen molar-refractivity contribution >= 4 is 22.7 Å². The average Bonchev–Trinajstić information content (AvgIpc) is 3.94. The maximum atomic E-state index is 13.8. The van der Waals surface area contributed by atoms with E-state index < -0.39 is 23.5 Å². The second kappa shape index (κ2) is 13.0. The number of aromatic nitrogens is 1. The fraction of sp³-hybridized carbons (Fsp3) is 0.529. The third-order valence-electron chi connectivity index (χ3n) is 9.38. The van der Waals surface area contributed by atoms with Gasteiger partial charge < -0.3 is 15.5 Å². The molecule has 0 aliphatic heterocycles. The van der Waals surface area contributed by atoms with Gasteiger partial charge in [0, 0.05) is 37.1 Å². The van der Waals surface area contributed by atoms with Crippen molar-refractivity contribution in [2.75, 3.05) is 18.0 Å². The zero-order valence-corrected chi connectivity index (χ0v) is 26.4. The van der Waals surface area contributed by atoms with Crippen LogP contribution in [-0.2, 0) is 25.4 Å². The van der Waals surface area contributed by atoms with E-state index in [0.29, 0.717) is 11.8 Å². The molecule has 4 N–H and O–H groups in total. The van der Waals surface area contributed by atoms with E-state index in [1.807, 2.05) is 31.2 Å². The van der Waals surface area contributed by atoms with Gasteiger partial charge in [-0.15, -0.1) is 5.10 Å². The Bertz CT molecular complexity index is 1560. The smallest absolute Gasteiger partial charge is 0.368 e. The Morgan fingerprint density at radius 2 is 1.45 bits per heavy atom. The molecule has 3 aliphatic carbocycles. The number of rotatable bonds is 11. The van der Waals surface area contributed by atoms with Crippen LogP contribution in [0.5, 0.6) is 0 Å². The van der Waals surface area contributed by atoms with Crippen molar-refractivity contribution in [1.29, 1.82) is 0 Å². The van der Waals surface area contributed by atoms with E-state index in [2.05, 4.69) is 10.0 Å². The monoisotopic (exact) mass is 661 g/mol. The summed E-state index contributed by atoms with van der Waals surface area (Å²) in [4.78, 5) is 8.97. The van der Waals surface area contributed by atoms with Crippen LogP contribution in [0.15, 0.2) is 47.6 Å². The number of aryl methyl sites for hydroxylation is 1. The van der Waals surface area contributed by atoms with Gasteiger partial charge in [0.1, 0.15) is 5.82 Å². The van der Waals surface area contributed by atoms with Crippen molar-refractivity contribution in [3.8, 4) is 0 Å². The number of hydrazone groups is 1. The molecule has 0 bridgehead atoms. The summed E-state index contributed by atoms with van der Waals surface area (Å²) >= 11 is 0. The third kappa shape index (κ3) is 8.22. The van der Waals surface area contributed by atoms with E-state index in [0.717, 1.165) is 104 Å². The van der Waals surface area contributed by atoms with Gasteiger partial charge in [0.25, 0.3) is 0 Å². The number of pyridine rings is 1. The number of benzene rings is 2. The molecular formula is C34H41F6N7. The molecule has 2 aromatic carbocycles. The van der Waals surface area contributed by atoms with Crippen LogP contribution in [0, 0.1) is 18.8 Å². The molecule has 1 aromatic heterocycles. The summed E-state index contributed by atoms with van der Waals surface area (Å²) < 4.78 is 82.8. The maximum Gasteiger partial charge on any atom is 0.416 e. The van der Waals surface area contributed by atoms with Crippen LogP contribution in [0.25, 0.3) is 10.9 Å². The summed E-state index contributed by atoms with van der Waals surface area (Å²) in [5.74, 6) is 8.05. The number of nitrogens with zero attached hydrogens (tertiary/aromatic N) is 5. The number of hydrogen-bond donors (Lipinski definition) is 2. The molecule has 0 spiro atoms. The van der Waals surface area contributed by atoms with Crippen molar-refractivity contribution in [3.63, 3.8) is 0 Å². The number of fused-ring (bicyclic) bond motifs is 1. The van der Waals surface area contributed by atoms with E-state index in [9.17, 15) is 26.3 Å². The Labute approximate surface area is 270 Å². The van der Waals surface area contributed by atoms with Crippen LogP contribution in [0.1, 0.15) is 79.2 Å². The van der Waals surface area contributed by atoms with Crippen molar-refractivity contribution in [3.05, 3.63) is 70.3 Å². The second-order valence-corrected chi connectivity index (χ2v) is 13.5. The van der Waals surface area contributed by atoms with E-state index in [4.69, 9.17) is 16.6 Å². The molecule has 6 rings (SSSR count). The molecule has 3 aromatic rings. The van der Waals surface area contributed by atoms with Gasteiger partial charge in [0.15, 0.2) is 0 Å². The molecule has 0 amide bonds. The van der Waals surface area contributed by atoms with Crippen LogP contribution in [0.4, 0.5) is 32.2 Å². The first-order chi connectivity index (χ1) is 22.2. The van der Waals surface area contributed by atoms with Gasteiger partial charge in [-0.1, -0.05) is 31.0 Å². The zero-order chi connectivity index (χ0) is 33.5. The standard InChI is InChI=1S/C34H41F6N7/c1-21-5-4-6-25-15-26(31(43-30(21)25)45(17-22-9-10-22)18-23-11-12-23)20-46(32(41)44-47(42)29-7-2-3-8-29)19-24-13-27(33(35,36)37)16-28(14-24)34(38,39)40/h4-6,13-16,22-23,29H,2-3,7-12,17-20,42H2,1H3,(H2,41,44). The Hall–Kier alpha value is -3.74. The van der Waals surface area contributed by atoms with Gasteiger partial charge in [-0.25, -0.2) is 15.9 Å². The summed E-state index contributed by atoms with van der Waals surface area (Å²) in [6, 6.07) is 9.42. The summed E-state index contributed by atoms with van der Waals surface area (Å²) in [6.07, 6.45) is -1.82. The minimum atomic E-state index is -4.98. The summed E-state index contributed by atoms with van der Waals surface area (Å²) in [5, 5.41) is 6.57. The molecule has 3 saturated carbocycles. The molecule has 254 valence electrons. The first kappa shape index (κ1) is 33.2. The molecule has 3 aliphatic rings. The van der Waals surface area contributed by atoms with Crippen molar-refractivity contribution in [1.82, 2.24) is 15.0 Å². The van der Waals surface area contributed by atoms with Gasteiger partial charge in [-0.2, -0.15) is 26.3 Å². The van der Waals surface area contributed by atoms with E-state index >= 15 is 0 Å². The average molecular weight is 662 g/mol. The van der Waals surface area contributed by atoms with Crippen LogP contribution < -0.4 is 16.5 Å². The first-order valence-corrected chi connectivity index (χ1v) is 16.3. The first-order valence-electron chi connectivity index (χ1n) is 16.3. The number of halogens is 6. The number of hydrogen-bond acceptors (Lipinski definition) is 5. The topological polar surface area (TPSA) is 87.0 Å². The number of guanidine groups is 1. The van der Waals surface area contributed by atoms with Gasteiger partial charge in [-0.3, -0.25) is 0 Å². The van der Waals surface area contributed by atoms with Gasteiger partial charge in [0.05, 0.1) is 22.7 Å². The number of para-hydroxylation sites is 1. The third-order valence-corrected chi connectivity index (χ3v) is 9.38. The summed E-state index contributed by atoms with van der Waals surface area (Å²) in [6.45, 7) is 3.34. The summed E-state index contributed by atoms with van der Waals surface area (Å²) in [5.41, 5.74) is 6.20. The van der Waals surface area contributed by atoms with Gasteiger partial charge >= 0.3 is 12.4 Å². The van der Waals surface area contributed by atoms with E-state index in [1.54, 1.807) is 0 Å². The Morgan fingerprint density at radius 3 is 2.00 bits per heavy atom. The SMILES string of the molecule is Cc1cccc2cc(CN(Cc3cc(C(F)(F)F)cc(C(F)(F)F)c3)/C(N)=N/N(N)C3CCCC3)c(N(CC3CC3)CC3CC3)nc12. The highest BCUT2D eigenvalue weighted by Crippen LogP contribution is 2.39. The Kier molecular flexibility index (Phi) is 9.21. The lowest BCUT2D eigenvalue weighted by Crippen LogP contribution is -2.43. The van der Waals surface area contributed by atoms with Crippen molar-refractivity contribution < 1.29 is 26.3 Å². The highest BCUT2D eigenvalue weighted by Gasteiger charge is 2.37.